The summed E-state index contributed by atoms with van der Waals surface area (Å²) in [5.74, 6) is 1.40. The summed E-state index contributed by atoms with van der Waals surface area (Å²) < 4.78 is 0. The van der Waals surface area contributed by atoms with E-state index in [0.717, 1.165) is 43.0 Å². The van der Waals surface area contributed by atoms with Crippen molar-refractivity contribution in [2.45, 2.75) is 39.4 Å². The van der Waals surface area contributed by atoms with Gasteiger partial charge in [-0.05, 0) is 44.2 Å². The molecule has 1 aromatic rings. The Morgan fingerprint density at radius 1 is 1.39 bits per heavy atom. The van der Waals surface area contributed by atoms with Crippen molar-refractivity contribution in [1.82, 2.24) is 4.98 Å². The highest BCUT2D eigenvalue weighted by Crippen LogP contribution is 2.24. The van der Waals surface area contributed by atoms with Gasteiger partial charge in [0.15, 0.2) is 0 Å². The average Bonchev–Trinajstić information content (AvgIpc) is 2.38. The van der Waals surface area contributed by atoms with Crippen LogP contribution in [0.25, 0.3) is 0 Å². The molecule has 0 aromatic carbocycles. The Balaban J connectivity index is 2.03. The highest BCUT2D eigenvalue weighted by molar-refractivity contribution is 5.42. The molecule has 0 saturated carbocycles. The zero-order valence-corrected chi connectivity index (χ0v) is 11.1. The number of anilines is 1. The molecule has 2 N–H and O–H groups in total. The maximum Gasteiger partial charge on any atom is 0.128 e. The van der Waals surface area contributed by atoms with E-state index in [1.807, 2.05) is 26.0 Å². The van der Waals surface area contributed by atoms with Crippen LogP contribution in [0.1, 0.15) is 31.0 Å². The predicted octanol–water partition coefficient (Wildman–Crippen LogP) is 1.48. The van der Waals surface area contributed by atoms with Crippen LogP contribution < -0.4 is 4.90 Å². The van der Waals surface area contributed by atoms with Gasteiger partial charge in [0.2, 0.25) is 0 Å². The lowest BCUT2D eigenvalue weighted by atomic mass is 9.92. The van der Waals surface area contributed by atoms with Gasteiger partial charge in [-0.25, -0.2) is 4.98 Å². The van der Waals surface area contributed by atoms with Crippen molar-refractivity contribution in [2.75, 3.05) is 18.0 Å². The van der Waals surface area contributed by atoms with E-state index in [1.165, 1.54) is 0 Å². The number of nitrogens with zero attached hydrogens (tertiary/aromatic N) is 2. The van der Waals surface area contributed by atoms with Gasteiger partial charge in [-0.3, -0.25) is 0 Å². The fourth-order valence-corrected chi connectivity index (χ4v) is 2.53. The van der Waals surface area contributed by atoms with Gasteiger partial charge in [0.25, 0.3) is 0 Å². The topological polar surface area (TPSA) is 56.6 Å². The van der Waals surface area contributed by atoms with Crippen LogP contribution in [0.4, 0.5) is 5.82 Å². The SMILES string of the molecule is Cc1nc(N2CCC(C(C)O)CC2)ccc1CO. The maximum absolute atomic E-state index is 9.58. The molecule has 1 fully saturated rings. The first-order valence-electron chi connectivity index (χ1n) is 6.62. The minimum atomic E-state index is -0.210. The van der Waals surface area contributed by atoms with Gasteiger partial charge in [-0.15, -0.1) is 0 Å². The lowest BCUT2D eigenvalue weighted by molar-refractivity contribution is 0.110. The summed E-state index contributed by atoms with van der Waals surface area (Å²) in [5.41, 5.74) is 1.78. The van der Waals surface area contributed by atoms with Gasteiger partial charge < -0.3 is 15.1 Å². The van der Waals surface area contributed by atoms with E-state index in [2.05, 4.69) is 9.88 Å². The average molecular weight is 250 g/mol. The van der Waals surface area contributed by atoms with Gasteiger partial charge in [0.05, 0.1) is 12.7 Å². The molecule has 18 heavy (non-hydrogen) atoms. The molecule has 0 amide bonds. The van der Waals surface area contributed by atoms with Crippen LogP contribution in [0.15, 0.2) is 12.1 Å². The number of aromatic nitrogens is 1. The molecule has 0 aliphatic carbocycles. The number of hydrogen-bond acceptors (Lipinski definition) is 4. The first-order chi connectivity index (χ1) is 8.61. The second kappa shape index (κ2) is 5.67. The molecule has 1 aliphatic rings. The van der Waals surface area contributed by atoms with E-state index in [9.17, 15) is 5.11 Å². The van der Waals surface area contributed by atoms with Gasteiger partial charge in [-0.2, -0.15) is 0 Å². The summed E-state index contributed by atoms with van der Waals surface area (Å²) in [7, 11) is 0. The lowest BCUT2D eigenvalue weighted by Crippen LogP contribution is -2.37. The monoisotopic (exact) mass is 250 g/mol. The maximum atomic E-state index is 9.58. The number of hydrogen-bond donors (Lipinski definition) is 2. The predicted molar refractivity (Wildman–Crippen MR) is 71.5 cm³/mol. The van der Waals surface area contributed by atoms with Crippen LogP contribution in [-0.4, -0.2) is 34.4 Å². The van der Waals surface area contributed by atoms with E-state index in [1.54, 1.807) is 0 Å². The van der Waals surface area contributed by atoms with Crippen molar-refractivity contribution in [3.63, 3.8) is 0 Å². The second-order valence-corrected chi connectivity index (χ2v) is 5.14. The number of rotatable bonds is 3. The summed E-state index contributed by atoms with van der Waals surface area (Å²) in [4.78, 5) is 6.80. The Labute approximate surface area is 108 Å². The number of piperidine rings is 1. The Morgan fingerprint density at radius 3 is 2.56 bits per heavy atom. The van der Waals surface area contributed by atoms with Crippen LogP contribution in [-0.2, 0) is 6.61 Å². The molecule has 1 atom stereocenters. The quantitative estimate of drug-likeness (QED) is 0.853. The smallest absolute Gasteiger partial charge is 0.128 e. The second-order valence-electron chi connectivity index (χ2n) is 5.14. The minimum absolute atomic E-state index is 0.0449. The lowest BCUT2D eigenvalue weighted by Gasteiger charge is -2.34. The first-order valence-corrected chi connectivity index (χ1v) is 6.62. The normalized spacial score (nSPS) is 19.0. The van der Waals surface area contributed by atoms with Crippen LogP contribution in [0.3, 0.4) is 0 Å². The third-order valence-corrected chi connectivity index (χ3v) is 3.90. The van der Waals surface area contributed by atoms with E-state index in [-0.39, 0.29) is 12.7 Å². The highest BCUT2D eigenvalue weighted by Gasteiger charge is 2.23. The van der Waals surface area contributed by atoms with Gasteiger partial charge >= 0.3 is 0 Å². The molecule has 1 unspecified atom stereocenters. The number of pyridine rings is 1. The Bertz CT molecular complexity index is 399. The molecule has 100 valence electrons. The van der Waals surface area contributed by atoms with Crippen molar-refractivity contribution in [1.29, 1.82) is 0 Å². The summed E-state index contributed by atoms with van der Waals surface area (Å²) in [6.45, 7) is 5.74. The molecule has 4 heteroatoms. The Hall–Kier alpha value is -1.13. The fourth-order valence-electron chi connectivity index (χ4n) is 2.53. The zero-order chi connectivity index (χ0) is 13.1. The van der Waals surface area contributed by atoms with Gasteiger partial charge in [0.1, 0.15) is 5.82 Å². The molecule has 4 nitrogen and oxygen atoms in total. The van der Waals surface area contributed by atoms with Gasteiger partial charge in [-0.1, -0.05) is 6.07 Å². The zero-order valence-electron chi connectivity index (χ0n) is 11.1. The third kappa shape index (κ3) is 2.82. The van der Waals surface area contributed by atoms with Crippen molar-refractivity contribution in [3.05, 3.63) is 23.4 Å². The van der Waals surface area contributed by atoms with E-state index >= 15 is 0 Å². The number of aryl methyl sites for hydroxylation is 1. The Kier molecular flexibility index (Phi) is 4.19. The summed E-state index contributed by atoms with van der Waals surface area (Å²) in [6.07, 6.45) is 1.82. The molecular weight excluding hydrogens is 228 g/mol. The van der Waals surface area contributed by atoms with E-state index in [0.29, 0.717) is 5.92 Å². The largest absolute Gasteiger partial charge is 0.393 e. The minimum Gasteiger partial charge on any atom is -0.393 e. The van der Waals surface area contributed by atoms with Crippen molar-refractivity contribution in [2.24, 2.45) is 5.92 Å². The third-order valence-electron chi connectivity index (χ3n) is 3.90. The van der Waals surface area contributed by atoms with Crippen LogP contribution in [0, 0.1) is 12.8 Å². The molecule has 0 spiro atoms. The van der Waals surface area contributed by atoms with Crippen molar-refractivity contribution < 1.29 is 10.2 Å². The molecule has 1 saturated heterocycles. The fraction of sp³-hybridized carbons (Fsp3) is 0.643. The number of aliphatic hydroxyl groups excluding tert-OH is 2. The Morgan fingerprint density at radius 2 is 2.06 bits per heavy atom. The first kappa shape index (κ1) is 13.3. The molecule has 0 radical (unpaired) electrons. The number of aliphatic hydroxyl groups is 2. The van der Waals surface area contributed by atoms with Crippen LogP contribution in [0.5, 0.6) is 0 Å². The summed E-state index contributed by atoms with van der Waals surface area (Å²) in [5, 5.41) is 18.7. The summed E-state index contributed by atoms with van der Waals surface area (Å²) in [6, 6.07) is 3.92. The van der Waals surface area contributed by atoms with E-state index < -0.39 is 0 Å². The molecular formula is C14H22N2O2. The van der Waals surface area contributed by atoms with Crippen molar-refractivity contribution >= 4 is 5.82 Å². The molecule has 2 rings (SSSR count). The summed E-state index contributed by atoms with van der Waals surface area (Å²) >= 11 is 0. The molecule has 2 heterocycles. The molecule has 1 aromatic heterocycles. The molecule has 1 aliphatic heterocycles. The van der Waals surface area contributed by atoms with Crippen LogP contribution >= 0.6 is 0 Å². The van der Waals surface area contributed by atoms with Gasteiger partial charge in [0, 0.05) is 18.8 Å². The standard InChI is InChI=1S/C14H22N2O2/c1-10-13(9-17)3-4-14(15-10)16-7-5-12(6-8-16)11(2)18/h3-4,11-12,17-18H,5-9H2,1-2H3. The van der Waals surface area contributed by atoms with Crippen molar-refractivity contribution in [3.8, 4) is 0 Å². The van der Waals surface area contributed by atoms with E-state index in [4.69, 9.17) is 5.11 Å². The van der Waals surface area contributed by atoms with Crippen LogP contribution in [0.2, 0.25) is 0 Å². The highest BCUT2D eigenvalue weighted by atomic mass is 16.3. The molecule has 0 bridgehead atoms.